The molecular weight excluding hydrogens is 282 g/mol. The second-order valence-corrected chi connectivity index (χ2v) is 5.74. The Hall–Kier alpha value is -1.43. The van der Waals surface area contributed by atoms with Crippen LogP contribution in [0.1, 0.15) is 31.7 Å². The first-order chi connectivity index (χ1) is 10.7. The Morgan fingerprint density at radius 1 is 1.32 bits per heavy atom. The summed E-state index contributed by atoms with van der Waals surface area (Å²) in [6, 6.07) is 9.96. The maximum Gasteiger partial charge on any atom is 0.158 e. The van der Waals surface area contributed by atoms with Gasteiger partial charge in [0.15, 0.2) is 6.10 Å². The van der Waals surface area contributed by atoms with Crippen molar-refractivity contribution in [2.24, 2.45) is 11.1 Å². The molecule has 0 bridgehead atoms. The van der Waals surface area contributed by atoms with Crippen LogP contribution < -0.4 is 0 Å². The summed E-state index contributed by atoms with van der Waals surface area (Å²) < 4.78 is 5.58. The Bertz CT molecular complexity index is 463. The zero-order chi connectivity index (χ0) is 15.8. The van der Waals surface area contributed by atoms with Gasteiger partial charge < -0.3 is 19.8 Å². The summed E-state index contributed by atoms with van der Waals surface area (Å²) in [5.41, 5.74) is 2.04. The Kier molecular flexibility index (Phi) is 6.83. The van der Waals surface area contributed by atoms with E-state index in [1.807, 2.05) is 37.3 Å². The lowest BCUT2D eigenvalue weighted by Gasteiger charge is -2.16. The van der Waals surface area contributed by atoms with Gasteiger partial charge in [0.05, 0.1) is 18.4 Å². The molecule has 0 saturated heterocycles. The third kappa shape index (κ3) is 5.09. The van der Waals surface area contributed by atoms with Gasteiger partial charge in [-0.1, -0.05) is 42.4 Å². The summed E-state index contributed by atoms with van der Waals surface area (Å²) in [5.74, 6) is 0.191. The van der Waals surface area contributed by atoms with Crippen LogP contribution in [-0.4, -0.2) is 41.3 Å². The topological polar surface area (TPSA) is 71.3 Å². The number of aliphatic hydroxyl groups excluding tert-OH is 2. The first-order valence-corrected chi connectivity index (χ1v) is 7.84. The lowest BCUT2D eigenvalue weighted by atomic mass is 9.95. The second kappa shape index (κ2) is 8.88. The molecule has 5 nitrogen and oxygen atoms in total. The summed E-state index contributed by atoms with van der Waals surface area (Å²) >= 11 is 0. The van der Waals surface area contributed by atoms with Crippen molar-refractivity contribution in [2.75, 3.05) is 13.2 Å². The van der Waals surface area contributed by atoms with Crippen LogP contribution in [0.25, 0.3) is 0 Å². The van der Waals surface area contributed by atoms with Crippen LogP contribution in [0.2, 0.25) is 0 Å². The lowest BCUT2D eigenvalue weighted by Crippen LogP contribution is -2.28. The highest BCUT2D eigenvalue weighted by atomic mass is 16.7. The van der Waals surface area contributed by atoms with Crippen molar-refractivity contribution in [2.45, 2.75) is 45.0 Å². The molecule has 0 amide bonds. The summed E-state index contributed by atoms with van der Waals surface area (Å²) in [5, 5.41) is 23.1. The largest absolute Gasteiger partial charge is 0.396 e. The number of nitrogens with zero attached hydrogens (tertiary/aromatic N) is 1. The van der Waals surface area contributed by atoms with Gasteiger partial charge in [-0.05, 0) is 12.0 Å². The fourth-order valence-corrected chi connectivity index (χ4v) is 2.43. The van der Waals surface area contributed by atoms with Crippen LogP contribution in [0.3, 0.4) is 0 Å². The first-order valence-electron chi connectivity index (χ1n) is 7.84. The molecule has 1 heterocycles. The van der Waals surface area contributed by atoms with E-state index < -0.39 is 6.10 Å². The maximum atomic E-state index is 10.1. The van der Waals surface area contributed by atoms with Gasteiger partial charge in [-0.25, -0.2) is 0 Å². The van der Waals surface area contributed by atoms with Crippen molar-refractivity contribution in [3.63, 3.8) is 0 Å². The van der Waals surface area contributed by atoms with Gasteiger partial charge in [-0.15, -0.1) is 0 Å². The zero-order valence-electron chi connectivity index (χ0n) is 13.0. The molecule has 0 unspecified atom stereocenters. The van der Waals surface area contributed by atoms with Crippen molar-refractivity contribution in [3.8, 4) is 0 Å². The summed E-state index contributed by atoms with van der Waals surface area (Å²) in [7, 11) is 0. The molecule has 0 radical (unpaired) electrons. The number of oxime groups is 1. The predicted octanol–water partition coefficient (Wildman–Crippen LogP) is 2.12. The van der Waals surface area contributed by atoms with Gasteiger partial charge in [0.2, 0.25) is 0 Å². The van der Waals surface area contributed by atoms with E-state index >= 15 is 0 Å². The summed E-state index contributed by atoms with van der Waals surface area (Å²) in [6.45, 7) is 3.18. The highest BCUT2D eigenvalue weighted by Gasteiger charge is 2.30. The number of benzene rings is 1. The van der Waals surface area contributed by atoms with Crippen molar-refractivity contribution in [1.82, 2.24) is 0 Å². The van der Waals surface area contributed by atoms with E-state index in [9.17, 15) is 5.11 Å². The van der Waals surface area contributed by atoms with Crippen LogP contribution in [0.5, 0.6) is 0 Å². The molecule has 122 valence electrons. The molecule has 22 heavy (non-hydrogen) atoms. The van der Waals surface area contributed by atoms with Crippen LogP contribution in [-0.2, 0) is 16.2 Å². The van der Waals surface area contributed by atoms with Gasteiger partial charge >= 0.3 is 0 Å². The van der Waals surface area contributed by atoms with E-state index in [0.717, 1.165) is 11.3 Å². The van der Waals surface area contributed by atoms with Gasteiger partial charge in [0, 0.05) is 32.0 Å². The van der Waals surface area contributed by atoms with E-state index in [4.69, 9.17) is 14.7 Å². The molecule has 0 aromatic heterocycles. The fraction of sp³-hybridized carbons (Fsp3) is 0.588. The average Bonchev–Trinajstić information content (AvgIpc) is 3.03. The van der Waals surface area contributed by atoms with Gasteiger partial charge in [0.1, 0.15) is 0 Å². The second-order valence-electron chi connectivity index (χ2n) is 5.74. The van der Waals surface area contributed by atoms with Crippen molar-refractivity contribution >= 4 is 5.71 Å². The standard InChI is InChI=1S/C17H25NO4/c1-13(7-9-19)15-11-17(22-18-15)16(20)8-10-21-12-14-5-3-2-4-6-14/h2-6,13,16-17,19-20H,7-12H2,1H3/t13-,16-,17-/m0/s1. The van der Waals surface area contributed by atoms with E-state index in [2.05, 4.69) is 5.16 Å². The van der Waals surface area contributed by atoms with Crippen molar-refractivity contribution in [1.29, 1.82) is 0 Å². The normalized spacial score (nSPS) is 20.3. The Morgan fingerprint density at radius 3 is 2.82 bits per heavy atom. The monoisotopic (exact) mass is 307 g/mol. The van der Waals surface area contributed by atoms with Crippen molar-refractivity contribution in [3.05, 3.63) is 35.9 Å². The smallest absolute Gasteiger partial charge is 0.158 e. The number of aliphatic hydroxyl groups is 2. The molecule has 0 fully saturated rings. The SMILES string of the molecule is C[C@@H](CCO)C1=NO[C@H]([C@@H](O)CCOCc2ccccc2)C1. The number of hydrogen-bond acceptors (Lipinski definition) is 5. The molecule has 2 rings (SSSR count). The minimum Gasteiger partial charge on any atom is -0.396 e. The predicted molar refractivity (Wildman–Crippen MR) is 84.5 cm³/mol. The molecular formula is C17H25NO4. The maximum absolute atomic E-state index is 10.1. The molecule has 1 aliphatic rings. The van der Waals surface area contributed by atoms with E-state index in [-0.39, 0.29) is 18.6 Å². The number of rotatable bonds is 9. The molecule has 0 saturated carbocycles. The molecule has 0 aliphatic carbocycles. The molecule has 1 aromatic rings. The van der Waals surface area contributed by atoms with Gasteiger partial charge in [-0.3, -0.25) is 0 Å². The average molecular weight is 307 g/mol. The lowest BCUT2D eigenvalue weighted by molar-refractivity contribution is -0.0336. The molecule has 5 heteroatoms. The molecule has 2 N–H and O–H groups in total. The first kappa shape index (κ1) is 16.9. The Labute approximate surface area is 131 Å². The van der Waals surface area contributed by atoms with E-state index in [1.54, 1.807) is 0 Å². The molecule has 1 aromatic carbocycles. The molecule has 1 aliphatic heterocycles. The summed E-state index contributed by atoms with van der Waals surface area (Å²) in [4.78, 5) is 5.31. The third-order valence-corrected chi connectivity index (χ3v) is 3.95. The van der Waals surface area contributed by atoms with Crippen LogP contribution >= 0.6 is 0 Å². The minimum atomic E-state index is -0.585. The zero-order valence-corrected chi connectivity index (χ0v) is 13.0. The summed E-state index contributed by atoms with van der Waals surface area (Å²) in [6.07, 6.45) is 0.941. The fourth-order valence-electron chi connectivity index (χ4n) is 2.43. The quantitative estimate of drug-likeness (QED) is 0.686. The third-order valence-electron chi connectivity index (χ3n) is 3.95. The van der Waals surface area contributed by atoms with Gasteiger partial charge in [-0.2, -0.15) is 0 Å². The van der Waals surface area contributed by atoms with Crippen LogP contribution in [0.15, 0.2) is 35.5 Å². The van der Waals surface area contributed by atoms with Crippen molar-refractivity contribution < 1.29 is 19.8 Å². The molecule has 0 spiro atoms. The number of hydrogen-bond donors (Lipinski definition) is 2. The number of ether oxygens (including phenoxy) is 1. The minimum absolute atomic E-state index is 0.140. The highest BCUT2D eigenvalue weighted by molar-refractivity contribution is 5.87. The Balaban J connectivity index is 1.63. The van der Waals surface area contributed by atoms with Gasteiger partial charge in [0.25, 0.3) is 0 Å². The Morgan fingerprint density at radius 2 is 2.09 bits per heavy atom. The highest BCUT2D eigenvalue weighted by Crippen LogP contribution is 2.21. The van der Waals surface area contributed by atoms with Crippen LogP contribution in [0.4, 0.5) is 0 Å². The van der Waals surface area contributed by atoms with E-state index in [0.29, 0.717) is 32.5 Å². The molecule has 3 atom stereocenters. The van der Waals surface area contributed by atoms with Crippen LogP contribution in [0, 0.1) is 5.92 Å². The van der Waals surface area contributed by atoms with E-state index in [1.165, 1.54) is 0 Å².